The van der Waals surface area contributed by atoms with Crippen LogP contribution in [0.15, 0.2) is 169 Å². The van der Waals surface area contributed by atoms with Gasteiger partial charge in [0.15, 0.2) is 17.5 Å². The Labute approximate surface area is 332 Å². The van der Waals surface area contributed by atoms with Crippen molar-refractivity contribution < 1.29 is 20.6 Å². The minimum absolute atomic E-state index is 0.158. The molecule has 0 atom stereocenters. The molecule has 1 aromatic heterocycles. The third kappa shape index (κ3) is 4.90. The summed E-state index contributed by atoms with van der Waals surface area (Å²) in [5.74, 6) is 1.02. The summed E-state index contributed by atoms with van der Waals surface area (Å²) in [7, 11) is -1.64. The van der Waals surface area contributed by atoms with Crippen molar-refractivity contribution >= 4 is 13.3 Å². The van der Waals surface area contributed by atoms with E-state index < -0.39 is 104 Å². The molecular formula is C49H37N3Si. The lowest BCUT2D eigenvalue weighted by atomic mass is 9.70. The topological polar surface area (TPSA) is 38.7 Å². The van der Waals surface area contributed by atoms with Gasteiger partial charge in [0.2, 0.25) is 0 Å². The summed E-state index contributed by atoms with van der Waals surface area (Å²) in [6.45, 7) is 6.77. The highest BCUT2D eigenvalue weighted by Crippen LogP contribution is 2.63. The van der Waals surface area contributed by atoms with Gasteiger partial charge in [0.25, 0.3) is 0 Å². The Bertz CT molecular complexity index is 3460. The number of rotatable bonds is 5. The van der Waals surface area contributed by atoms with Crippen LogP contribution < -0.4 is 5.19 Å². The molecule has 0 aliphatic heterocycles. The molecular weight excluding hydrogens is 659 g/mol. The molecule has 2 aliphatic rings. The average molecular weight is 711 g/mol. The molecule has 0 amide bonds. The zero-order chi connectivity index (χ0) is 48.8. The first-order valence-electron chi connectivity index (χ1n) is 24.6. The van der Waals surface area contributed by atoms with Crippen LogP contribution in [0.5, 0.6) is 0 Å². The molecule has 53 heavy (non-hydrogen) atoms. The summed E-state index contributed by atoms with van der Waals surface area (Å²) in [5.41, 5.74) is -3.11. The minimum Gasteiger partial charge on any atom is -0.208 e. The highest BCUT2D eigenvalue weighted by Gasteiger charge is 2.51. The van der Waals surface area contributed by atoms with Crippen molar-refractivity contribution in [1.29, 1.82) is 0 Å². The second-order valence-corrected chi connectivity index (χ2v) is 19.2. The van der Waals surface area contributed by atoms with Crippen LogP contribution in [0.4, 0.5) is 0 Å². The molecule has 10 rings (SSSR count). The summed E-state index contributed by atoms with van der Waals surface area (Å²) in [4.78, 5) is 14.7. The van der Waals surface area contributed by atoms with Crippen LogP contribution in [0.2, 0.25) is 19.6 Å². The molecule has 1 heterocycles. The zero-order valence-electron chi connectivity index (χ0n) is 43.8. The van der Waals surface area contributed by atoms with Crippen LogP contribution in [0.3, 0.4) is 0 Å². The molecule has 0 radical (unpaired) electrons. The van der Waals surface area contributed by atoms with Gasteiger partial charge in [0.1, 0.15) is 0 Å². The normalized spacial score (nSPS) is 17.3. The molecule has 252 valence electrons. The molecule has 0 saturated heterocycles. The van der Waals surface area contributed by atoms with Gasteiger partial charge in [0.05, 0.1) is 34.1 Å². The Morgan fingerprint density at radius 1 is 0.434 bits per heavy atom. The highest BCUT2D eigenvalue weighted by molar-refractivity contribution is 6.88. The number of fused-ring (bicyclic) bond motifs is 10. The van der Waals surface area contributed by atoms with E-state index in [9.17, 15) is 12.3 Å². The number of nitrogens with zero attached hydrogens (tertiary/aromatic N) is 3. The first kappa shape index (κ1) is 19.6. The lowest BCUT2D eigenvalue weighted by Crippen LogP contribution is -2.37. The SMILES string of the molecule is [2H]c1c([2H])c([2H])c2c(c1[2H])-c1c([2H])c([2H])c([2H])c([2H])c1C21c2c([2H])c([2H])c([2H])c([2H])c2-c2c([2H])c([2H])c(-c3cccc(-c4nc(-c5ccccc5)nc(-c5ccc([Si](C)(C)C)cc5)n4)c3)c([2H])c21. The number of hydrogen-bond donors (Lipinski definition) is 0. The van der Waals surface area contributed by atoms with Gasteiger partial charge >= 0.3 is 0 Å². The molecule has 0 saturated carbocycles. The highest BCUT2D eigenvalue weighted by atomic mass is 28.3. The summed E-state index contributed by atoms with van der Waals surface area (Å²) in [5, 5.41) is 1.25. The minimum atomic E-state index is -2.44. The van der Waals surface area contributed by atoms with Crippen molar-refractivity contribution in [3.8, 4) is 67.5 Å². The van der Waals surface area contributed by atoms with Gasteiger partial charge in [-0.25, -0.2) is 15.0 Å². The largest absolute Gasteiger partial charge is 0.208 e. The Morgan fingerprint density at radius 2 is 0.906 bits per heavy atom. The van der Waals surface area contributed by atoms with Crippen molar-refractivity contribution in [1.82, 2.24) is 15.0 Å². The van der Waals surface area contributed by atoms with Crippen molar-refractivity contribution in [2.24, 2.45) is 0 Å². The van der Waals surface area contributed by atoms with E-state index in [-0.39, 0.29) is 61.5 Å². The molecule has 2 aliphatic carbocycles. The van der Waals surface area contributed by atoms with Crippen molar-refractivity contribution in [3.05, 3.63) is 192 Å². The Morgan fingerprint density at radius 3 is 1.47 bits per heavy atom. The maximum Gasteiger partial charge on any atom is 0.164 e. The van der Waals surface area contributed by atoms with Gasteiger partial charge in [-0.15, -0.1) is 0 Å². The van der Waals surface area contributed by atoms with E-state index in [1.54, 1.807) is 24.3 Å². The summed E-state index contributed by atoms with van der Waals surface area (Å²) in [6, 6.07) is 14.0. The van der Waals surface area contributed by atoms with E-state index in [2.05, 4.69) is 31.8 Å². The van der Waals surface area contributed by atoms with Gasteiger partial charge in [-0.2, -0.15) is 0 Å². The molecule has 1 spiro atoms. The second-order valence-electron chi connectivity index (χ2n) is 14.1. The maximum atomic E-state index is 10.2. The predicted molar refractivity (Wildman–Crippen MR) is 221 cm³/mol. The van der Waals surface area contributed by atoms with Crippen LogP contribution >= 0.6 is 0 Å². The summed E-state index contributed by atoms with van der Waals surface area (Å²) >= 11 is 0. The van der Waals surface area contributed by atoms with E-state index in [0.29, 0.717) is 17.2 Å². The van der Waals surface area contributed by atoms with Gasteiger partial charge in [0, 0.05) is 16.7 Å². The van der Waals surface area contributed by atoms with E-state index >= 15 is 0 Å². The van der Waals surface area contributed by atoms with Crippen LogP contribution in [-0.4, -0.2) is 23.0 Å². The molecule has 0 bridgehead atoms. The number of hydrogen-bond acceptors (Lipinski definition) is 3. The third-order valence-electron chi connectivity index (χ3n) is 9.96. The lowest BCUT2D eigenvalue weighted by Gasteiger charge is -2.30. The maximum absolute atomic E-state index is 10.2. The first-order valence-corrected chi connectivity index (χ1v) is 20.6. The van der Waals surface area contributed by atoms with Gasteiger partial charge in [-0.1, -0.05) is 182 Å². The molecule has 0 unspecified atom stereocenters. The molecule has 3 nitrogen and oxygen atoms in total. The van der Waals surface area contributed by atoms with Crippen molar-refractivity contribution in [2.45, 2.75) is 25.1 Å². The number of benzene rings is 7. The second kappa shape index (κ2) is 11.9. The van der Waals surface area contributed by atoms with E-state index in [4.69, 9.17) is 23.2 Å². The lowest BCUT2D eigenvalue weighted by molar-refractivity contribution is 0.794. The molecule has 4 heteroatoms. The van der Waals surface area contributed by atoms with Gasteiger partial charge in [-0.05, 0) is 67.7 Å². The van der Waals surface area contributed by atoms with Crippen LogP contribution in [0, 0.1) is 0 Å². The smallest absolute Gasteiger partial charge is 0.164 e. The Balaban J connectivity index is 1.30. The summed E-state index contributed by atoms with van der Waals surface area (Å²) < 4.78 is 138. The van der Waals surface area contributed by atoms with Crippen molar-refractivity contribution in [2.75, 3.05) is 0 Å². The Kier molecular flexibility index (Phi) is 4.39. The first-order chi connectivity index (χ1) is 32.1. The van der Waals surface area contributed by atoms with Crippen LogP contribution in [0.1, 0.15) is 42.8 Å². The van der Waals surface area contributed by atoms with Gasteiger partial charge in [-0.3, -0.25) is 0 Å². The van der Waals surface area contributed by atoms with E-state index in [1.807, 2.05) is 42.5 Å². The molecule has 7 aromatic carbocycles. The fraction of sp³-hybridized carbons (Fsp3) is 0.0816. The van der Waals surface area contributed by atoms with Gasteiger partial charge < -0.3 is 0 Å². The summed E-state index contributed by atoms with van der Waals surface area (Å²) in [6.07, 6.45) is 0. The van der Waals surface area contributed by atoms with E-state index in [1.165, 1.54) is 5.19 Å². The Hall–Kier alpha value is -6.23. The standard InChI is InChI=1S/C49H37N3Si/c1-53(2,3)37-27-24-33(25-28-37)47-50-46(32-14-5-4-6-15-32)51-48(52-47)36-17-13-16-34(30-36)35-26-29-41-40-20-9-12-23-44(40)49(45(41)31-35)42-21-10-7-18-38(42)39-19-8-11-22-43(39)49/h4-31H,1-3H3/i7D,8D,9D,10D,11D,12D,18D,19D,20D,21D,22D,23D,26D,29D,31D. The predicted octanol–water partition coefficient (Wildman–Crippen LogP) is 11.4. The zero-order valence-corrected chi connectivity index (χ0v) is 29.8. The monoisotopic (exact) mass is 710 g/mol. The fourth-order valence-electron chi connectivity index (χ4n) is 7.40. The van der Waals surface area contributed by atoms with Crippen LogP contribution in [0.25, 0.3) is 67.5 Å². The fourth-order valence-corrected chi connectivity index (χ4v) is 8.56. The molecule has 8 aromatic rings. The van der Waals surface area contributed by atoms with Crippen LogP contribution in [-0.2, 0) is 5.41 Å². The number of aromatic nitrogens is 3. The van der Waals surface area contributed by atoms with Crippen molar-refractivity contribution in [3.63, 3.8) is 0 Å². The third-order valence-corrected chi connectivity index (χ3v) is 12.0. The molecule has 0 fully saturated rings. The average Bonchev–Trinajstić information content (AvgIpc) is 3.82. The molecule has 0 N–H and O–H groups in total. The quantitative estimate of drug-likeness (QED) is 0.167. The van der Waals surface area contributed by atoms with E-state index in [0.717, 1.165) is 11.1 Å².